The lowest BCUT2D eigenvalue weighted by atomic mass is 10.1. The number of benzene rings is 2. The average molecular weight is 399 g/mol. The van der Waals surface area contributed by atoms with Gasteiger partial charge in [-0.15, -0.1) is 0 Å². The van der Waals surface area contributed by atoms with Crippen LogP contribution in [0.25, 0.3) is 0 Å². The minimum Gasteiger partial charge on any atom is -0.480 e. The smallest absolute Gasteiger partial charge is 0.325 e. The van der Waals surface area contributed by atoms with Crippen molar-refractivity contribution < 1.29 is 19.8 Å². The Morgan fingerprint density at radius 3 is 1.31 bits per heavy atom. The Labute approximate surface area is 172 Å². The van der Waals surface area contributed by atoms with Crippen LogP contribution in [0.1, 0.15) is 55.3 Å². The number of carboxylic acids is 2. The Bertz CT molecular complexity index is 674. The van der Waals surface area contributed by atoms with Crippen LogP contribution < -0.4 is 10.6 Å². The third kappa shape index (κ3) is 8.05. The summed E-state index contributed by atoms with van der Waals surface area (Å²) in [5.74, 6) is -1.73. The van der Waals surface area contributed by atoms with Crippen LogP contribution in [-0.4, -0.2) is 35.2 Å². The van der Waals surface area contributed by atoms with Gasteiger partial charge in [-0.05, 0) is 37.1 Å². The highest BCUT2D eigenvalue weighted by Gasteiger charge is 2.19. The number of hydrogen-bond donors (Lipinski definition) is 4. The second-order valence-electron chi connectivity index (χ2n) is 7.04. The summed E-state index contributed by atoms with van der Waals surface area (Å²) in [5.41, 5.74) is 1.52. The summed E-state index contributed by atoms with van der Waals surface area (Å²) in [6, 6.07) is 17.0. The van der Waals surface area contributed by atoms with Gasteiger partial charge in [-0.3, -0.25) is 9.59 Å². The van der Waals surface area contributed by atoms with E-state index in [9.17, 15) is 19.8 Å². The monoisotopic (exact) mass is 398 g/mol. The van der Waals surface area contributed by atoms with Crippen LogP contribution in [0, 0.1) is 0 Å². The zero-order chi connectivity index (χ0) is 20.9. The van der Waals surface area contributed by atoms with E-state index in [4.69, 9.17) is 0 Å². The third-order valence-electron chi connectivity index (χ3n) is 4.81. The molecule has 6 nitrogen and oxygen atoms in total. The Morgan fingerprint density at radius 1 is 0.621 bits per heavy atom. The van der Waals surface area contributed by atoms with Gasteiger partial charge < -0.3 is 20.8 Å². The molecule has 6 heteroatoms. The van der Waals surface area contributed by atoms with Crippen molar-refractivity contribution in [1.82, 2.24) is 10.6 Å². The van der Waals surface area contributed by atoms with Crippen LogP contribution in [0.3, 0.4) is 0 Å². The summed E-state index contributed by atoms with van der Waals surface area (Å²) in [5, 5.41) is 25.0. The first-order valence-corrected chi connectivity index (χ1v) is 10.1. The maximum absolute atomic E-state index is 11.4. The minimum absolute atomic E-state index is 0.652. The predicted molar refractivity (Wildman–Crippen MR) is 113 cm³/mol. The quantitative estimate of drug-likeness (QED) is 0.362. The fourth-order valence-corrected chi connectivity index (χ4v) is 3.26. The lowest BCUT2D eigenvalue weighted by Crippen LogP contribution is -2.29. The molecule has 2 atom stereocenters. The Morgan fingerprint density at radius 2 is 0.966 bits per heavy atom. The van der Waals surface area contributed by atoms with E-state index in [1.54, 1.807) is 0 Å². The molecule has 0 aromatic heterocycles. The molecule has 0 aliphatic heterocycles. The van der Waals surface area contributed by atoms with Crippen LogP contribution in [0.15, 0.2) is 60.7 Å². The molecule has 156 valence electrons. The first-order valence-electron chi connectivity index (χ1n) is 10.1. The van der Waals surface area contributed by atoms with Gasteiger partial charge in [0.15, 0.2) is 0 Å². The fraction of sp³-hybridized carbons (Fsp3) is 0.391. The van der Waals surface area contributed by atoms with E-state index in [1.807, 2.05) is 60.7 Å². The molecule has 0 radical (unpaired) electrons. The van der Waals surface area contributed by atoms with E-state index in [-0.39, 0.29) is 0 Å². The summed E-state index contributed by atoms with van der Waals surface area (Å²) in [4.78, 5) is 22.9. The lowest BCUT2D eigenvalue weighted by Gasteiger charge is -2.15. The molecule has 0 fully saturated rings. The molecule has 0 aliphatic rings. The van der Waals surface area contributed by atoms with E-state index in [0.717, 1.165) is 43.2 Å². The first-order chi connectivity index (χ1) is 14.1. The lowest BCUT2D eigenvalue weighted by molar-refractivity contribution is -0.140. The van der Waals surface area contributed by atoms with E-state index >= 15 is 0 Å². The second-order valence-corrected chi connectivity index (χ2v) is 7.04. The highest BCUT2D eigenvalue weighted by atomic mass is 16.4. The van der Waals surface area contributed by atoms with Crippen LogP contribution in [0.2, 0.25) is 0 Å². The number of hydrogen-bond acceptors (Lipinski definition) is 4. The number of carbonyl (C=O) groups is 2. The topological polar surface area (TPSA) is 98.7 Å². The van der Waals surface area contributed by atoms with Gasteiger partial charge in [0.05, 0.1) is 0 Å². The molecule has 0 heterocycles. The molecular weight excluding hydrogens is 368 g/mol. The molecule has 0 saturated heterocycles. The van der Waals surface area contributed by atoms with Crippen molar-refractivity contribution in [2.75, 3.05) is 13.1 Å². The third-order valence-corrected chi connectivity index (χ3v) is 4.81. The van der Waals surface area contributed by atoms with Crippen molar-refractivity contribution in [2.24, 2.45) is 0 Å². The van der Waals surface area contributed by atoms with Gasteiger partial charge in [0, 0.05) is 0 Å². The molecule has 2 aromatic rings. The molecule has 0 unspecified atom stereocenters. The number of unbranched alkanes of at least 4 members (excludes halogenated alkanes) is 4. The van der Waals surface area contributed by atoms with E-state index < -0.39 is 24.0 Å². The summed E-state index contributed by atoms with van der Waals surface area (Å²) < 4.78 is 0. The van der Waals surface area contributed by atoms with E-state index in [0.29, 0.717) is 13.1 Å². The van der Waals surface area contributed by atoms with Crippen LogP contribution in [-0.2, 0) is 9.59 Å². The number of nitrogens with one attached hydrogen (secondary N) is 2. The number of aliphatic carboxylic acids is 2. The molecule has 0 spiro atoms. The fourth-order valence-electron chi connectivity index (χ4n) is 3.26. The molecule has 0 amide bonds. The van der Waals surface area contributed by atoms with Crippen molar-refractivity contribution in [2.45, 2.75) is 44.2 Å². The normalized spacial score (nSPS) is 13.0. The standard InChI is InChI=1S/C23H30N2O4/c26-22(27)20(18-12-6-4-7-13-18)24-16-10-2-1-3-11-17-25-21(23(28)29)19-14-8-5-9-15-19/h4-9,12-15,20-21,24-25H,1-3,10-11,16-17H2,(H,26,27)(H,28,29)/t20-,21+. The molecule has 4 N–H and O–H groups in total. The van der Waals surface area contributed by atoms with Gasteiger partial charge in [0.25, 0.3) is 0 Å². The van der Waals surface area contributed by atoms with Gasteiger partial charge in [-0.2, -0.15) is 0 Å². The van der Waals surface area contributed by atoms with E-state index in [1.165, 1.54) is 0 Å². The van der Waals surface area contributed by atoms with Gasteiger partial charge in [0.1, 0.15) is 12.1 Å². The zero-order valence-corrected chi connectivity index (χ0v) is 16.6. The largest absolute Gasteiger partial charge is 0.480 e. The maximum Gasteiger partial charge on any atom is 0.325 e. The highest BCUT2D eigenvalue weighted by molar-refractivity contribution is 5.76. The van der Waals surface area contributed by atoms with Crippen molar-refractivity contribution >= 4 is 11.9 Å². The summed E-state index contributed by atoms with van der Waals surface area (Å²) in [7, 11) is 0. The second kappa shape index (κ2) is 12.7. The SMILES string of the molecule is O=C(O)[C@@H](NCCCCCCCN[C@@H](C(=O)O)c1ccccc1)c1ccccc1. The average Bonchev–Trinajstić information content (AvgIpc) is 2.73. The molecule has 2 rings (SSSR count). The Hall–Kier alpha value is -2.70. The van der Waals surface area contributed by atoms with Crippen molar-refractivity contribution in [1.29, 1.82) is 0 Å². The van der Waals surface area contributed by atoms with Gasteiger partial charge in [0.2, 0.25) is 0 Å². The van der Waals surface area contributed by atoms with E-state index in [2.05, 4.69) is 10.6 Å². The van der Waals surface area contributed by atoms with Crippen molar-refractivity contribution in [3.05, 3.63) is 71.8 Å². The predicted octanol–water partition coefficient (Wildman–Crippen LogP) is 3.77. The van der Waals surface area contributed by atoms with Gasteiger partial charge >= 0.3 is 11.9 Å². The van der Waals surface area contributed by atoms with Gasteiger partial charge in [-0.25, -0.2) is 0 Å². The van der Waals surface area contributed by atoms with Crippen LogP contribution >= 0.6 is 0 Å². The first kappa shape index (κ1) is 22.6. The Balaban J connectivity index is 1.58. The zero-order valence-electron chi connectivity index (χ0n) is 16.6. The van der Waals surface area contributed by atoms with Crippen molar-refractivity contribution in [3.8, 4) is 0 Å². The molecular formula is C23H30N2O4. The maximum atomic E-state index is 11.4. The van der Waals surface area contributed by atoms with Gasteiger partial charge in [-0.1, -0.05) is 79.9 Å². The molecule has 29 heavy (non-hydrogen) atoms. The number of carboxylic acid groups (broad SMARTS) is 2. The molecule has 0 saturated carbocycles. The van der Waals surface area contributed by atoms with Crippen molar-refractivity contribution in [3.63, 3.8) is 0 Å². The molecule has 0 aliphatic carbocycles. The molecule has 2 aromatic carbocycles. The number of rotatable bonds is 14. The summed E-state index contributed by atoms with van der Waals surface area (Å²) in [6.45, 7) is 1.30. The summed E-state index contributed by atoms with van der Waals surface area (Å²) in [6.07, 6.45) is 4.87. The highest BCUT2D eigenvalue weighted by Crippen LogP contribution is 2.14. The van der Waals surface area contributed by atoms with Crippen LogP contribution in [0.4, 0.5) is 0 Å². The minimum atomic E-state index is -0.867. The Kier molecular flexibility index (Phi) is 9.89. The molecule has 0 bridgehead atoms. The summed E-state index contributed by atoms with van der Waals surface area (Å²) >= 11 is 0. The van der Waals surface area contributed by atoms with Crippen LogP contribution in [0.5, 0.6) is 0 Å².